The second-order valence-electron chi connectivity index (χ2n) is 18.8. The Bertz CT molecular complexity index is 1970. The zero-order chi connectivity index (χ0) is 55.7. The van der Waals surface area contributed by atoms with Gasteiger partial charge in [0.1, 0.15) is 134 Å². The van der Waals surface area contributed by atoms with Crippen LogP contribution in [0.1, 0.15) is 27.7 Å². The van der Waals surface area contributed by atoms with Crippen molar-refractivity contribution in [2.24, 2.45) is 0 Å². The number of carbonyl (C=O) groups excluding carboxylic acids is 2. The zero-order valence-electron chi connectivity index (χ0n) is 40.2. The van der Waals surface area contributed by atoms with Gasteiger partial charge in [-0.2, -0.15) is 8.42 Å². The average Bonchev–Trinajstić information content (AvgIpc) is 3.34. The van der Waals surface area contributed by atoms with Gasteiger partial charge in [0.2, 0.25) is 11.8 Å². The number of ether oxygens (including phenoxy) is 11. The van der Waals surface area contributed by atoms with E-state index in [1.54, 1.807) is 0 Å². The fourth-order valence-corrected chi connectivity index (χ4v) is 9.52. The van der Waals surface area contributed by atoms with Gasteiger partial charge in [-0.15, -0.1) is 0 Å². The average molecular weight is 1120 g/mol. The highest BCUT2D eigenvalue weighted by atomic mass is 32.3. The van der Waals surface area contributed by atoms with Crippen molar-refractivity contribution in [2.75, 3.05) is 26.4 Å². The fraction of sp³-hybridized carbons (Fsp3) is 0.950. The number of aliphatic hydroxyl groups is 15. The van der Waals surface area contributed by atoms with Crippen molar-refractivity contribution in [3.8, 4) is 0 Å². The lowest BCUT2D eigenvalue weighted by Crippen LogP contribution is -2.70. The van der Waals surface area contributed by atoms with Crippen molar-refractivity contribution in [2.45, 2.75) is 212 Å². The molecule has 6 heterocycles. The molecule has 0 unspecified atom stereocenters. The Kier molecular flexibility index (Phi) is 21.4. The molecule has 0 aromatic carbocycles. The normalized spacial score (nSPS) is 49.0. The minimum absolute atomic E-state index is 0.855. The van der Waals surface area contributed by atoms with E-state index in [1.807, 2.05) is 0 Å². The Labute approximate surface area is 425 Å². The molecule has 6 aliphatic heterocycles. The number of hydrogen-bond acceptors (Lipinski definition) is 31. The molecule has 436 valence electrons. The van der Waals surface area contributed by atoms with Gasteiger partial charge in [0, 0.05) is 13.8 Å². The standard InChI is InChI=1S/C40H68N2O32S/c1-9-19(47)25(53)28(56)37(65-9)71-32-18(42-12(4)46)36(70-16(24(32)52)8-64-75(60,61)62)63-7-15-23(51)31(17(35(59)67-15)41-11(3)45)72-40-34(74-38-29(57)26(54)20(48)10(2)66-38)33(22(50)14(6-44)69-40)73-39-30(58)27(55)21(49)13(5-43)68-39/h9-10,13-40,43-44,47-59H,5-8H2,1-4H3,(H,41,45)(H,42,46)(H,60,61,62)/t9-,10-,13+,14+,15+,16+,17+,18+,19+,20+,21-,22-,23-,24+,25+,26+,27-,28-,29-,30+,31+,32+,33-,34+,35+,36+,37-,38-,39-,40-/m0/s1. The molecule has 35 heteroatoms. The number of carbonyl (C=O) groups is 2. The molecular formula is C40H68N2O32S. The van der Waals surface area contributed by atoms with E-state index in [1.165, 1.54) is 13.8 Å². The zero-order valence-corrected chi connectivity index (χ0v) is 41.1. The lowest BCUT2D eigenvalue weighted by atomic mass is 9.94. The van der Waals surface area contributed by atoms with E-state index in [0.717, 1.165) is 13.8 Å². The third-order valence-electron chi connectivity index (χ3n) is 13.3. The molecular weight excluding hydrogens is 1050 g/mol. The molecule has 18 N–H and O–H groups in total. The predicted octanol–water partition coefficient (Wildman–Crippen LogP) is -11.9. The molecule has 6 fully saturated rings. The first-order valence-corrected chi connectivity index (χ1v) is 24.8. The summed E-state index contributed by atoms with van der Waals surface area (Å²) in [6, 6.07) is -3.54. The Balaban J connectivity index is 1.33. The van der Waals surface area contributed by atoms with Gasteiger partial charge in [-0.25, -0.2) is 4.18 Å². The predicted molar refractivity (Wildman–Crippen MR) is 230 cm³/mol. The molecule has 2 amide bonds. The first kappa shape index (κ1) is 62.0. The van der Waals surface area contributed by atoms with Crippen LogP contribution in [0.2, 0.25) is 0 Å². The molecule has 0 bridgehead atoms. The number of nitrogens with one attached hydrogen (secondary N) is 2. The van der Waals surface area contributed by atoms with Crippen LogP contribution in [0.3, 0.4) is 0 Å². The maximum atomic E-state index is 12.6. The summed E-state index contributed by atoms with van der Waals surface area (Å²) in [5, 5.41) is 167. The quantitative estimate of drug-likeness (QED) is 0.0567. The molecule has 6 saturated heterocycles. The fourth-order valence-electron chi connectivity index (χ4n) is 9.21. The van der Waals surface area contributed by atoms with Crippen molar-refractivity contribution >= 4 is 22.2 Å². The van der Waals surface area contributed by atoms with Crippen LogP contribution in [0.4, 0.5) is 0 Å². The second kappa shape index (κ2) is 25.9. The second-order valence-corrected chi connectivity index (χ2v) is 19.9. The molecule has 34 nitrogen and oxygen atoms in total. The molecule has 0 aliphatic carbocycles. The molecule has 0 radical (unpaired) electrons. The topological polar surface area (TPSA) is 527 Å². The van der Waals surface area contributed by atoms with Gasteiger partial charge >= 0.3 is 10.4 Å². The molecule has 30 atom stereocenters. The van der Waals surface area contributed by atoms with Gasteiger partial charge in [0.05, 0.1) is 38.6 Å². The van der Waals surface area contributed by atoms with E-state index in [2.05, 4.69) is 14.8 Å². The van der Waals surface area contributed by atoms with Crippen LogP contribution in [0.25, 0.3) is 0 Å². The van der Waals surface area contributed by atoms with Crippen LogP contribution in [0.5, 0.6) is 0 Å². The molecule has 0 aromatic heterocycles. The SMILES string of the molecule is CC(=O)N[C@@H]1[C@@H](O[C@@H]2O[C@H](CO)[C@H](O)[C@H](O[C@@H]3O[C@H](CO)[C@H](O)[C@H](O)[C@H]3O)[C@H]2O[C@@H]2O[C@@H](C)[C@@H](O)[C@@H](O)[C@@H]2O)[C@@H](O)[C@@H](CO[C@@H]2O[C@H](COS(=O)(=O)O)[C@@H](O)[C@H](O[C@@H]3O[C@@H](C)[C@@H](O)[C@@H](O)[C@@H]3O)[C@H]2NC(C)=O)O[C@H]1O. The van der Waals surface area contributed by atoms with Crippen LogP contribution >= 0.6 is 0 Å². The largest absolute Gasteiger partial charge is 0.397 e. The summed E-state index contributed by atoms with van der Waals surface area (Å²) in [6.45, 7) is 0.374. The maximum absolute atomic E-state index is 12.6. The van der Waals surface area contributed by atoms with E-state index >= 15 is 0 Å². The lowest BCUT2D eigenvalue weighted by molar-refractivity contribution is -0.401. The Morgan fingerprint density at radius 2 is 0.827 bits per heavy atom. The lowest BCUT2D eigenvalue weighted by Gasteiger charge is -2.51. The highest BCUT2D eigenvalue weighted by Gasteiger charge is 2.58. The van der Waals surface area contributed by atoms with Gasteiger partial charge in [-0.1, -0.05) is 0 Å². The number of hydrogen-bond donors (Lipinski definition) is 18. The molecule has 6 aliphatic rings. The summed E-state index contributed by atoms with van der Waals surface area (Å²) in [5.41, 5.74) is 0. The van der Waals surface area contributed by atoms with Crippen molar-refractivity contribution in [3.63, 3.8) is 0 Å². The van der Waals surface area contributed by atoms with Crippen LogP contribution in [-0.4, -0.2) is 312 Å². The van der Waals surface area contributed by atoms with E-state index in [9.17, 15) is 99.2 Å². The van der Waals surface area contributed by atoms with E-state index < -0.39 is 233 Å². The van der Waals surface area contributed by atoms with Crippen molar-refractivity contribution in [1.29, 1.82) is 0 Å². The van der Waals surface area contributed by atoms with Crippen molar-refractivity contribution in [1.82, 2.24) is 10.6 Å². The minimum atomic E-state index is -5.23. The van der Waals surface area contributed by atoms with Gasteiger partial charge in [0.15, 0.2) is 37.7 Å². The summed E-state index contributed by atoms with van der Waals surface area (Å²) in [5.74, 6) is -1.73. The highest BCUT2D eigenvalue weighted by Crippen LogP contribution is 2.37. The third-order valence-corrected chi connectivity index (χ3v) is 13.8. The summed E-state index contributed by atoms with van der Waals surface area (Å²) < 4.78 is 101. The van der Waals surface area contributed by atoms with Crippen molar-refractivity contribution < 1.29 is 155 Å². The maximum Gasteiger partial charge on any atom is 0.397 e. The monoisotopic (exact) mass is 1120 g/mol. The number of aliphatic hydroxyl groups excluding tert-OH is 15. The molecule has 0 aromatic rings. The molecule has 75 heavy (non-hydrogen) atoms. The third kappa shape index (κ3) is 14.2. The van der Waals surface area contributed by atoms with Gasteiger partial charge in [-0.3, -0.25) is 14.1 Å². The van der Waals surface area contributed by atoms with Gasteiger partial charge < -0.3 is 139 Å². The first-order chi connectivity index (χ1) is 35.1. The van der Waals surface area contributed by atoms with Crippen LogP contribution in [0, 0.1) is 0 Å². The highest BCUT2D eigenvalue weighted by molar-refractivity contribution is 7.80. The van der Waals surface area contributed by atoms with Crippen LogP contribution < -0.4 is 10.6 Å². The van der Waals surface area contributed by atoms with E-state index in [-0.39, 0.29) is 0 Å². The molecule has 6 rings (SSSR count). The van der Waals surface area contributed by atoms with Crippen molar-refractivity contribution in [3.05, 3.63) is 0 Å². The number of rotatable bonds is 18. The summed E-state index contributed by atoms with van der Waals surface area (Å²) in [6.07, 6.45) is -53.5. The summed E-state index contributed by atoms with van der Waals surface area (Å²) in [4.78, 5) is 25.2. The van der Waals surface area contributed by atoms with Crippen LogP contribution in [0.15, 0.2) is 0 Å². The van der Waals surface area contributed by atoms with E-state index in [0.29, 0.717) is 0 Å². The summed E-state index contributed by atoms with van der Waals surface area (Å²) >= 11 is 0. The van der Waals surface area contributed by atoms with Gasteiger partial charge in [0.25, 0.3) is 0 Å². The first-order valence-electron chi connectivity index (χ1n) is 23.5. The van der Waals surface area contributed by atoms with E-state index in [4.69, 9.17) is 52.1 Å². The van der Waals surface area contributed by atoms with Crippen LogP contribution in [-0.2, 0) is 76.3 Å². The molecule has 0 saturated carbocycles. The Hall–Kier alpha value is -2.23. The molecule has 0 spiro atoms. The minimum Gasteiger partial charge on any atom is -0.394 e. The Morgan fingerprint density at radius 3 is 1.33 bits per heavy atom. The number of amides is 2. The summed E-state index contributed by atoms with van der Waals surface area (Å²) in [7, 11) is -5.23. The Morgan fingerprint density at radius 1 is 0.440 bits per heavy atom. The smallest absolute Gasteiger partial charge is 0.394 e. The van der Waals surface area contributed by atoms with Gasteiger partial charge in [-0.05, 0) is 13.8 Å².